The maximum atomic E-state index is 13.0. The molecule has 9 heteroatoms. The van der Waals surface area contributed by atoms with Gasteiger partial charge in [-0.3, -0.25) is 15.1 Å². The fourth-order valence-electron chi connectivity index (χ4n) is 3.76. The van der Waals surface area contributed by atoms with Crippen LogP contribution >= 0.6 is 0 Å². The summed E-state index contributed by atoms with van der Waals surface area (Å²) < 4.78 is 11.8. The Bertz CT molecular complexity index is 1180. The third kappa shape index (κ3) is 8.73. The standard InChI is InChI=1S/C28H34N6O3/c1-20(2)17-34(25(28(29)32-33-30)19-36-26-12-8-7-9-21(26)3)18-27(35)31-22-13-15-24(16-14-22)37-23-10-5-4-6-11-23/h4-16,20,25H,17-19H2,1-3H3,(H,31,35)(H3,29,30,32). The first-order valence-electron chi connectivity index (χ1n) is 12.1. The van der Waals surface area contributed by atoms with Gasteiger partial charge in [0.1, 0.15) is 29.9 Å². The monoisotopic (exact) mass is 502 g/mol. The van der Waals surface area contributed by atoms with Gasteiger partial charge in [0.2, 0.25) is 5.91 Å². The highest BCUT2D eigenvalue weighted by atomic mass is 16.5. The molecule has 194 valence electrons. The van der Waals surface area contributed by atoms with Crippen molar-refractivity contribution >= 4 is 17.4 Å². The number of nitrogens with one attached hydrogen (secondary N) is 2. The number of aryl methyl sites for hydroxylation is 1. The lowest BCUT2D eigenvalue weighted by Crippen LogP contribution is -2.49. The Morgan fingerprint density at radius 2 is 1.65 bits per heavy atom. The summed E-state index contributed by atoms with van der Waals surface area (Å²) >= 11 is 0. The maximum absolute atomic E-state index is 13.0. The summed E-state index contributed by atoms with van der Waals surface area (Å²) in [6, 6.07) is 23.7. The molecule has 1 amide bonds. The van der Waals surface area contributed by atoms with Crippen molar-refractivity contribution in [3.63, 3.8) is 0 Å². The van der Waals surface area contributed by atoms with E-state index >= 15 is 0 Å². The van der Waals surface area contributed by atoms with Gasteiger partial charge in [-0.15, -0.1) is 5.11 Å². The van der Waals surface area contributed by atoms with Gasteiger partial charge in [-0.2, -0.15) is 0 Å². The summed E-state index contributed by atoms with van der Waals surface area (Å²) in [5.41, 5.74) is 1.61. The minimum absolute atomic E-state index is 0.0325. The van der Waals surface area contributed by atoms with Crippen molar-refractivity contribution in [3.05, 3.63) is 84.4 Å². The summed E-state index contributed by atoms with van der Waals surface area (Å²) in [5.74, 6) is 7.26. The van der Waals surface area contributed by atoms with Gasteiger partial charge in [-0.05, 0) is 60.9 Å². The molecule has 0 saturated carbocycles. The Morgan fingerprint density at radius 1 is 1.00 bits per heavy atom. The Labute approximate surface area is 217 Å². The average Bonchev–Trinajstić information content (AvgIpc) is 2.87. The third-order valence-corrected chi connectivity index (χ3v) is 5.48. The molecule has 0 aliphatic carbocycles. The van der Waals surface area contributed by atoms with Crippen molar-refractivity contribution in [2.24, 2.45) is 22.1 Å². The van der Waals surface area contributed by atoms with Crippen LogP contribution in [0.3, 0.4) is 0 Å². The number of carbonyl (C=O) groups excluding carboxylic acids is 1. The van der Waals surface area contributed by atoms with Crippen LogP contribution < -0.4 is 20.6 Å². The molecule has 0 spiro atoms. The molecule has 0 fully saturated rings. The highest BCUT2D eigenvalue weighted by Crippen LogP contribution is 2.23. The minimum atomic E-state index is -0.623. The Morgan fingerprint density at radius 3 is 2.30 bits per heavy atom. The molecule has 0 aliphatic heterocycles. The number of rotatable bonds is 12. The number of amides is 1. The number of carbonyl (C=O) groups is 1. The van der Waals surface area contributed by atoms with Crippen LogP contribution in [-0.4, -0.2) is 42.4 Å². The molecule has 3 aromatic rings. The second-order valence-corrected chi connectivity index (χ2v) is 9.00. The van der Waals surface area contributed by atoms with Crippen molar-refractivity contribution in [1.82, 2.24) is 4.90 Å². The van der Waals surface area contributed by atoms with Gasteiger partial charge >= 0.3 is 0 Å². The van der Waals surface area contributed by atoms with Crippen molar-refractivity contribution < 1.29 is 14.3 Å². The predicted octanol–water partition coefficient (Wildman–Crippen LogP) is 5.43. The summed E-state index contributed by atoms with van der Waals surface area (Å²) in [5, 5.41) is 18.4. The van der Waals surface area contributed by atoms with E-state index in [9.17, 15) is 4.79 Å². The van der Waals surface area contributed by atoms with Crippen molar-refractivity contribution in [3.8, 4) is 17.2 Å². The number of nitrogens with two attached hydrogens (primary N) is 1. The summed E-state index contributed by atoms with van der Waals surface area (Å²) in [6.45, 7) is 6.73. The van der Waals surface area contributed by atoms with Gasteiger partial charge in [0.05, 0.1) is 6.54 Å². The number of ether oxygens (including phenoxy) is 2. The first-order chi connectivity index (χ1) is 17.9. The van der Waals surface area contributed by atoms with Crippen LogP contribution in [0.15, 0.2) is 89.2 Å². The van der Waals surface area contributed by atoms with Crippen molar-refractivity contribution in [1.29, 1.82) is 5.41 Å². The SMILES string of the molecule is Cc1ccccc1OCC(C(=N)N=NN)N(CC(=O)Nc1ccc(Oc2ccccc2)cc1)CC(C)C. The Balaban J connectivity index is 1.69. The summed E-state index contributed by atoms with van der Waals surface area (Å²) in [6.07, 6.45) is 0. The largest absolute Gasteiger partial charge is 0.491 e. The molecule has 0 aromatic heterocycles. The molecule has 4 N–H and O–H groups in total. The van der Waals surface area contributed by atoms with E-state index in [1.54, 1.807) is 24.3 Å². The van der Waals surface area contributed by atoms with Crippen LogP contribution in [0.4, 0.5) is 5.69 Å². The quantitative estimate of drug-likeness (QED) is 0.100. The number of amidine groups is 1. The number of hydrogen-bond acceptors (Lipinski definition) is 6. The average molecular weight is 503 g/mol. The lowest BCUT2D eigenvalue weighted by molar-refractivity contribution is -0.117. The molecule has 0 heterocycles. The van der Waals surface area contributed by atoms with Crippen LogP contribution in [0.5, 0.6) is 17.2 Å². The molecule has 0 saturated heterocycles. The molecule has 0 bridgehead atoms. The Hall–Kier alpha value is -4.24. The zero-order valence-electron chi connectivity index (χ0n) is 21.4. The van der Waals surface area contributed by atoms with E-state index < -0.39 is 6.04 Å². The van der Waals surface area contributed by atoms with E-state index in [0.717, 1.165) is 11.3 Å². The van der Waals surface area contributed by atoms with E-state index in [0.29, 0.717) is 23.7 Å². The normalized spacial score (nSPS) is 12.0. The highest BCUT2D eigenvalue weighted by molar-refractivity contribution is 5.93. The molecule has 37 heavy (non-hydrogen) atoms. The molecule has 3 aromatic carbocycles. The highest BCUT2D eigenvalue weighted by Gasteiger charge is 2.27. The van der Waals surface area contributed by atoms with E-state index in [4.69, 9.17) is 20.7 Å². The lowest BCUT2D eigenvalue weighted by atomic mass is 10.1. The van der Waals surface area contributed by atoms with Gasteiger partial charge in [0, 0.05) is 12.2 Å². The van der Waals surface area contributed by atoms with E-state index in [1.165, 1.54) is 0 Å². The fourth-order valence-corrected chi connectivity index (χ4v) is 3.76. The molecule has 1 unspecified atom stereocenters. The van der Waals surface area contributed by atoms with E-state index in [2.05, 4.69) is 15.7 Å². The van der Waals surface area contributed by atoms with Crippen molar-refractivity contribution in [2.75, 3.05) is 25.0 Å². The molecular weight excluding hydrogens is 468 g/mol. The van der Waals surface area contributed by atoms with Gasteiger partial charge < -0.3 is 20.6 Å². The van der Waals surface area contributed by atoms with Gasteiger partial charge in [-0.1, -0.05) is 55.5 Å². The Kier molecular flexibility index (Phi) is 10.2. The lowest BCUT2D eigenvalue weighted by Gasteiger charge is -2.31. The first kappa shape index (κ1) is 27.3. The third-order valence-electron chi connectivity index (χ3n) is 5.48. The van der Waals surface area contributed by atoms with Crippen LogP contribution in [0.2, 0.25) is 0 Å². The van der Waals surface area contributed by atoms with Crippen molar-refractivity contribution in [2.45, 2.75) is 26.8 Å². The second-order valence-electron chi connectivity index (χ2n) is 9.00. The number of nitrogens with zero attached hydrogens (tertiary/aromatic N) is 3. The predicted molar refractivity (Wildman–Crippen MR) is 145 cm³/mol. The smallest absolute Gasteiger partial charge is 0.238 e. The molecule has 1 atom stereocenters. The molecule has 3 rings (SSSR count). The van der Waals surface area contributed by atoms with Crippen LogP contribution in [0.1, 0.15) is 19.4 Å². The van der Waals surface area contributed by atoms with Crippen LogP contribution in [0.25, 0.3) is 0 Å². The molecule has 0 aliphatic rings. The first-order valence-corrected chi connectivity index (χ1v) is 12.1. The number of anilines is 1. The van der Waals surface area contributed by atoms with Crippen LogP contribution in [-0.2, 0) is 4.79 Å². The molecule has 0 radical (unpaired) electrons. The second kappa shape index (κ2) is 13.7. The number of para-hydroxylation sites is 2. The van der Waals surface area contributed by atoms with Gasteiger partial charge in [0.15, 0.2) is 5.84 Å². The van der Waals surface area contributed by atoms with Gasteiger partial charge in [-0.25, -0.2) is 0 Å². The number of benzene rings is 3. The fraction of sp³-hybridized carbons (Fsp3) is 0.286. The maximum Gasteiger partial charge on any atom is 0.238 e. The topological polar surface area (TPSA) is 125 Å². The molecular formula is C28H34N6O3. The summed E-state index contributed by atoms with van der Waals surface area (Å²) in [7, 11) is 0. The van der Waals surface area contributed by atoms with Gasteiger partial charge in [0.25, 0.3) is 0 Å². The van der Waals surface area contributed by atoms with Crippen LogP contribution in [0, 0.1) is 18.3 Å². The number of hydrogen-bond donors (Lipinski definition) is 3. The summed E-state index contributed by atoms with van der Waals surface area (Å²) in [4.78, 5) is 14.9. The van der Waals surface area contributed by atoms with E-state index in [1.807, 2.05) is 80.3 Å². The van der Waals surface area contributed by atoms with E-state index in [-0.39, 0.29) is 30.8 Å². The minimum Gasteiger partial charge on any atom is -0.491 e. The zero-order chi connectivity index (χ0) is 26.6. The zero-order valence-corrected chi connectivity index (χ0v) is 21.4. The molecule has 9 nitrogen and oxygen atoms in total.